The molecule has 0 unspecified atom stereocenters. The van der Waals surface area contributed by atoms with Gasteiger partial charge in [-0.25, -0.2) is 4.98 Å². The van der Waals surface area contributed by atoms with Gasteiger partial charge < -0.3 is 0 Å². The number of amides is 1. The van der Waals surface area contributed by atoms with Crippen LogP contribution < -0.4 is 5.32 Å². The molecule has 1 amide bonds. The second kappa shape index (κ2) is 7.96. The van der Waals surface area contributed by atoms with Gasteiger partial charge in [0.05, 0.1) is 5.69 Å². The lowest BCUT2D eigenvalue weighted by molar-refractivity contribution is -0.112. The number of carbonyl (C=O) groups is 1. The maximum absolute atomic E-state index is 12.4. The minimum atomic E-state index is -0.484. The summed E-state index contributed by atoms with van der Waals surface area (Å²) >= 11 is 7.39. The fourth-order valence-corrected chi connectivity index (χ4v) is 3.40. The van der Waals surface area contributed by atoms with Crippen molar-refractivity contribution in [2.75, 3.05) is 5.32 Å². The highest BCUT2D eigenvalue weighted by Crippen LogP contribution is 2.31. The molecular weight excluding hydrogens is 366 g/mol. The Bertz CT molecular complexity index is 1020. The minimum absolute atomic E-state index is 0.0216. The van der Waals surface area contributed by atoms with E-state index in [9.17, 15) is 10.1 Å². The van der Waals surface area contributed by atoms with Gasteiger partial charge in [0.1, 0.15) is 11.6 Å². The Kier molecular flexibility index (Phi) is 5.47. The molecule has 1 heterocycles. The van der Waals surface area contributed by atoms with Crippen molar-refractivity contribution in [2.24, 2.45) is 0 Å². The van der Waals surface area contributed by atoms with E-state index in [1.807, 2.05) is 61.5 Å². The molecule has 128 valence electrons. The zero-order valence-electron chi connectivity index (χ0n) is 13.9. The van der Waals surface area contributed by atoms with Crippen molar-refractivity contribution < 1.29 is 4.79 Å². The van der Waals surface area contributed by atoms with E-state index in [0.717, 1.165) is 21.7 Å². The maximum atomic E-state index is 12.4. The Labute approximate surface area is 160 Å². The average molecular weight is 380 g/mol. The molecule has 0 saturated carbocycles. The van der Waals surface area contributed by atoms with Gasteiger partial charge in [-0.1, -0.05) is 54.1 Å². The summed E-state index contributed by atoms with van der Waals surface area (Å²) in [7, 11) is 0. The van der Waals surface area contributed by atoms with Crippen LogP contribution >= 0.6 is 22.9 Å². The SMILES string of the molecule is Cc1sc(NC(=O)/C(C#N)=C/c2ccccc2)nc1-c1cccc(Cl)c1. The second-order valence-electron chi connectivity index (χ2n) is 5.47. The largest absolute Gasteiger partial charge is 0.297 e. The predicted octanol–water partition coefficient (Wildman–Crippen LogP) is 5.32. The summed E-state index contributed by atoms with van der Waals surface area (Å²) in [5.41, 5.74) is 2.45. The molecule has 0 aliphatic carbocycles. The summed E-state index contributed by atoms with van der Waals surface area (Å²) in [5.74, 6) is -0.484. The maximum Gasteiger partial charge on any atom is 0.268 e. The van der Waals surface area contributed by atoms with Gasteiger partial charge in [-0.05, 0) is 30.7 Å². The molecule has 0 aliphatic rings. The van der Waals surface area contributed by atoms with Crippen molar-refractivity contribution in [1.82, 2.24) is 4.98 Å². The van der Waals surface area contributed by atoms with Gasteiger partial charge in [-0.15, -0.1) is 11.3 Å². The van der Waals surface area contributed by atoms with Gasteiger partial charge in [-0.2, -0.15) is 5.26 Å². The fraction of sp³-hybridized carbons (Fsp3) is 0.0500. The van der Waals surface area contributed by atoms with Crippen LogP contribution in [0.3, 0.4) is 0 Å². The third-order valence-corrected chi connectivity index (χ3v) is 4.71. The van der Waals surface area contributed by atoms with Crippen LogP contribution in [0.2, 0.25) is 5.02 Å². The monoisotopic (exact) mass is 379 g/mol. The van der Waals surface area contributed by atoms with E-state index in [1.165, 1.54) is 11.3 Å². The number of nitrogens with one attached hydrogen (secondary N) is 1. The number of aromatic nitrogens is 1. The molecule has 0 radical (unpaired) electrons. The van der Waals surface area contributed by atoms with E-state index >= 15 is 0 Å². The number of hydrogen-bond acceptors (Lipinski definition) is 4. The van der Waals surface area contributed by atoms with Crippen molar-refractivity contribution in [3.05, 3.63) is 75.6 Å². The van der Waals surface area contributed by atoms with Crippen LogP contribution in [0.5, 0.6) is 0 Å². The highest BCUT2D eigenvalue weighted by Gasteiger charge is 2.15. The summed E-state index contributed by atoms with van der Waals surface area (Å²) in [6.45, 7) is 1.93. The van der Waals surface area contributed by atoms with E-state index in [-0.39, 0.29) is 5.57 Å². The summed E-state index contributed by atoms with van der Waals surface area (Å²) < 4.78 is 0. The lowest BCUT2D eigenvalue weighted by Crippen LogP contribution is -2.13. The van der Waals surface area contributed by atoms with E-state index in [1.54, 1.807) is 12.1 Å². The lowest BCUT2D eigenvalue weighted by atomic mass is 10.1. The number of carbonyl (C=O) groups excluding carboxylic acids is 1. The lowest BCUT2D eigenvalue weighted by Gasteiger charge is -2.01. The molecule has 3 rings (SSSR count). The van der Waals surface area contributed by atoms with E-state index in [2.05, 4.69) is 10.3 Å². The third kappa shape index (κ3) is 4.17. The predicted molar refractivity (Wildman–Crippen MR) is 106 cm³/mol. The first-order valence-corrected chi connectivity index (χ1v) is 8.98. The number of hydrogen-bond donors (Lipinski definition) is 1. The Balaban J connectivity index is 1.83. The first kappa shape index (κ1) is 17.9. The molecule has 1 aromatic heterocycles. The molecule has 0 fully saturated rings. The van der Waals surface area contributed by atoms with Crippen molar-refractivity contribution >= 4 is 40.1 Å². The van der Waals surface area contributed by atoms with E-state index in [4.69, 9.17) is 11.6 Å². The highest BCUT2D eigenvalue weighted by atomic mass is 35.5. The smallest absolute Gasteiger partial charge is 0.268 e. The van der Waals surface area contributed by atoms with Crippen molar-refractivity contribution in [1.29, 1.82) is 5.26 Å². The first-order valence-electron chi connectivity index (χ1n) is 7.78. The molecule has 4 nitrogen and oxygen atoms in total. The van der Waals surface area contributed by atoms with E-state index < -0.39 is 5.91 Å². The van der Waals surface area contributed by atoms with Gasteiger partial charge in [0.2, 0.25) is 0 Å². The van der Waals surface area contributed by atoms with Crippen molar-refractivity contribution in [3.63, 3.8) is 0 Å². The van der Waals surface area contributed by atoms with E-state index in [0.29, 0.717) is 10.2 Å². The molecule has 0 spiro atoms. The molecule has 0 aliphatic heterocycles. The number of nitrogens with zero attached hydrogens (tertiary/aromatic N) is 2. The number of nitriles is 1. The molecule has 3 aromatic rings. The van der Waals surface area contributed by atoms with Crippen molar-refractivity contribution in [2.45, 2.75) is 6.92 Å². The Morgan fingerprint density at radius 2 is 2.00 bits per heavy atom. The van der Waals surface area contributed by atoms with Gasteiger partial charge in [-0.3, -0.25) is 10.1 Å². The van der Waals surface area contributed by atoms with Crippen LogP contribution in [-0.4, -0.2) is 10.9 Å². The molecule has 6 heteroatoms. The Morgan fingerprint density at radius 3 is 2.69 bits per heavy atom. The van der Waals surface area contributed by atoms with Crippen molar-refractivity contribution in [3.8, 4) is 17.3 Å². The highest BCUT2D eigenvalue weighted by molar-refractivity contribution is 7.16. The van der Waals surface area contributed by atoms with Gasteiger partial charge >= 0.3 is 0 Å². The van der Waals surface area contributed by atoms with Crippen LogP contribution in [0.4, 0.5) is 5.13 Å². The molecule has 1 N–H and O–H groups in total. The number of halogens is 1. The second-order valence-corrected chi connectivity index (χ2v) is 7.11. The fourth-order valence-electron chi connectivity index (χ4n) is 2.38. The number of anilines is 1. The van der Waals surface area contributed by atoms with Gasteiger partial charge in [0.15, 0.2) is 5.13 Å². The average Bonchev–Trinajstić information content (AvgIpc) is 3.00. The standard InChI is InChI=1S/C20H14ClN3OS/c1-13-18(15-8-5-9-17(21)11-15)23-20(26-13)24-19(25)16(12-22)10-14-6-3-2-4-7-14/h2-11H,1H3,(H,23,24,25)/b16-10+. The van der Waals surface area contributed by atoms with Crippen LogP contribution in [0, 0.1) is 18.3 Å². The number of rotatable bonds is 4. The Morgan fingerprint density at radius 1 is 1.23 bits per heavy atom. The molecule has 0 atom stereocenters. The van der Waals surface area contributed by atoms with Crippen LogP contribution in [0.25, 0.3) is 17.3 Å². The first-order chi connectivity index (χ1) is 12.6. The van der Waals surface area contributed by atoms with Crippen LogP contribution in [-0.2, 0) is 4.79 Å². The summed E-state index contributed by atoms with van der Waals surface area (Å²) in [6, 6.07) is 18.5. The topological polar surface area (TPSA) is 65.8 Å². The minimum Gasteiger partial charge on any atom is -0.297 e. The third-order valence-electron chi connectivity index (χ3n) is 3.59. The summed E-state index contributed by atoms with van der Waals surface area (Å²) in [4.78, 5) is 17.8. The summed E-state index contributed by atoms with van der Waals surface area (Å²) in [5, 5.41) is 13.1. The molecule has 0 saturated heterocycles. The quantitative estimate of drug-likeness (QED) is 0.493. The Hall–Kier alpha value is -2.94. The molecule has 2 aromatic carbocycles. The van der Waals surface area contributed by atoms with Gasteiger partial charge in [0, 0.05) is 15.5 Å². The molecule has 0 bridgehead atoms. The van der Waals surface area contributed by atoms with Crippen LogP contribution in [0.15, 0.2) is 60.2 Å². The number of thiazole rings is 1. The summed E-state index contributed by atoms with van der Waals surface area (Å²) in [6.07, 6.45) is 1.55. The number of benzene rings is 2. The zero-order valence-corrected chi connectivity index (χ0v) is 15.4. The number of aryl methyl sites for hydroxylation is 1. The molecule has 26 heavy (non-hydrogen) atoms. The molecular formula is C20H14ClN3OS. The normalized spacial score (nSPS) is 11.0. The van der Waals surface area contributed by atoms with Gasteiger partial charge in [0.25, 0.3) is 5.91 Å². The zero-order chi connectivity index (χ0) is 18.5. The van der Waals surface area contributed by atoms with Crippen LogP contribution in [0.1, 0.15) is 10.4 Å².